The van der Waals surface area contributed by atoms with Gasteiger partial charge in [0.2, 0.25) is 0 Å². The van der Waals surface area contributed by atoms with Crippen LogP contribution in [0.2, 0.25) is 0 Å². The second-order valence-corrected chi connectivity index (χ2v) is 5.63. The van der Waals surface area contributed by atoms with Crippen LogP contribution in [0.4, 0.5) is 0 Å². The molecule has 0 spiro atoms. The van der Waals surface area contributed by atoms with Crippen molar-refractivity contribution in [2.24, 2.45) is 0 Å². The van der Waals surface area contributed by atoms with Gasteiger partial charge < -0.3 is 5.32 Å². The lowest BCUT2D eigenvalue weighted by Gasteiger charge is -2.28. The first kappa shape index (κ1) is 11.6. The first-order valence-corrected chi connectivity index (χ1v) is 6.74. The first-order valence-electron chi connectivity index (χ1n) is 5.69. The number of fused-ring (bicyclic) bond motifs is 1. The summed E-state index contributed by atoms with van der Waals surface area (Å²) in [4.78, 5) is 0. The summed E-state index contributed by atoms with van der Waals surface area (Å²) in [5.41, 5.74) is 7.10. The molecule has 1 nitrogen and oxygen atoms in total. The molecule has 1 N–H and O–H groups in total. The topological polar surface area (TPSA) is 12.0 Å². The maximum atomic E-state index is 4.09. The fourth-order valence-corrected chi connectivity index (χ4v) is 3.60. The Labute approximate surface area is 102 Å². The molecule has 1 aliphatic rings. The molecule has 0 amide bonds. The highest BCUT2D eigenvalue weighted by molar-refractivity contribution is 7.99. The van der Waals surface area contributed by atoms with E-state index in [0.29, 0.717) is 5.25 Å². The third-order valence-corrected chi connectivity index (χ3v) is 4.74. The SMILES string of the molecule is C=C(NC)C1Cc2c(C)ccc(C)c2CS1. The smallest absolute Gasteiger partial charge is 0.0482 e. The van der Waals surface area contributed by atoms with Gasteiger partial charge in [-0.05, 0) is 42.5 Å². The Morgan fingerprint density at radius 2 is 1.94 bits per heavy atom. The molecule has 1 aliphatic heterocycles. The lowest BCUT2D eigenvalue weighted by atomic mass is 9.94. The Morgan fingerprint density at radius 1 is 1.31 bits per heavy atom. The lowest BCUT2D eigenvalue weighted by molar-refractivity contribution is 0.834. The summed E-state index contributed by atoms with van der Waals surface area (Å²) in [6, 6.07) is 4.48. The second kappa shape index (κ2) is 4.54. The van der Waals surface area contributed by atoms with E-state index in [0.717, 1.165) is 17.9 Å². The van der Waals surface area contributed by atoms with Gasteiger partial charge in [-0.3, -0.25) is 0 Å². The van der Waals surface area contributed by atoms with Crippen molar-refractivity contribution in [3.8, 4) is 0 Å². The summed E-state index contributed by atoms with van der Waals surface area (Å²) >= 11 is 2.00. The van der Waals surface area contributed by atoms with Crippen LogP contribution in [-0.4, -0.2) is 12.3 Å². The van der Waals surface area contributed by atoms with Gasteiger partial charge in [-0.15, -0.1) is 11.8 Å². The standard InChI is InChI=1S/C14H19NS/c1-9-5-6-10(2)13-8-16-14(7-12(9)13)11(3)15-4/h5-6,14-15H,3,7-8H2,1-2,4H3. The summed E-state index contributed by atoms with van der Waals surface area (Å²) < 4.78 is 0. The average molecular weight is 233 g/mol. The molecule has 0 radical (unpaired) electrons. The maximum absolute atomic E-state index is 4.09. The molecule has 86 valence electrons. The third kappa shape index (κ3) is 1.99. The molecule has 1 aromatic carbocycles. The monoisotopic (exact) mass is 233 g/mol. The third-order valence-electron chi connectivity index (χ3n) is 3.43. The fraction of sp³-hybridized carbons (Fsp3) is 0.429. The summed E-state index contributed by atoms with van der Waals surface area (Å²) in [5, 5.41) is 3.71. The lowest BCUT2D eigenvalue weighted by Crippen LogP contribution is -2.24. The maximum Gasteiger partial charge on any atom is 0.0482 e. The van der Waals surface area contributed by atoms with Crippen LogP contribution < -0.4 is 5.32 Å². The quantitative estimate of drug-likeness (QED) is 0.842. The molecule has 1 heterocycles. The van der Waals surface area contributed by atoms with Crippen LogP contribution in [0, 0.1) is 13.8 Å². The minimum absolute atomic E-state index is 0.526. The molecule has 1 atom stereocenters. The van der Waals surface area contributed by atoms with Gasteiger partial charge in [-0.1, -0.05) is 18.7 Å². The number of rotatable bonds is 2. The Morgan fingerprint density at radius 3 is 2.56 bits per heavy atom. The van der Waals surface area contributed by atoms with Gasteiger partial charge in [0.25, 0.3) is 0 Å². The number of hydrogen-bond acceptors (Lipinski definition) is 2. The second-order valence-electron chi connectivity index (χ2n) is 4.44. The molecule has 0 saturated carbocycles. The highest BCUT2D eigenvalue weighted by Crippen LogP contribution is 2.35. The highest BCUT2D eigenvalue weighted by Gasteiger charge is 2.23. The molecule has 0 fully saturated rings. The van der Waals surface area contributed by atoms with Crippen molar-refractivity contribution >= 4 is 11.8 Å². The van der Waals surface area contributed by atoms with E-state index in [1.54, 1.807) is 11.1 Å². The average Bonchev–Trinajstić information content (AvgIpc) is 2.32. The minimum atomic E-state index is 0.526. The number of nitrogens with one attached hydrogen (secondary N) is 1. The van der Waals surface area contributed by atoms with E-state index in [-0.39, 0.29) is 0 Å². The van der Waals surface area contributed by atoms with Crippen LogP contribution in [0.15, 0.2) is 24.4 Å². The number of aryl methyl sites for hydroxylation is 2. The molecule has 0 bridgehead atoms. The first-order chi connectivity index (χ1) is 7.63. The molecule has 2 rings (SSSR count). The van der Waals surface area contributed by atoms with E-state index in [4.69, 9.17) is 0 Å². The number of benzene rings is 1. The molecule has 0 aliphatic carbocycles. The zero-order chi connectivity index (χ0) is 11.7. The van der Waals surface area contributed by atoms with Gasteiger partial charge in [0.1, 0.15) is 0 Å². The Kier molecular flexibility index (Phi) is 3.29. The van der Waals surface area contributed by atoms with Gasteiger partial charge in [0.05, 0.1) is 0 Å². The predicted octanol–water partition coefficient (Wildman–Crippen LogP) is 3.19. The van der Waals surface area contributed by atoms with Crippen molar-refractivity contribution in [1.82, 2.24) is 5.32 Å². The van der Waals surface area contributed by atoms with E-state index >= 15 is 0 Å². The van der Waals surface area contributed by atoms with Gasteiger partial charge in [0, 0.05) is 23.7 Å². The van der Waals surface area contributed by atoms with Crippen LogP contribution in [-0.2, 0) is 12.2 Å². The Balaban J connectivity index is 2.33. The Hall–Kier alpha value is -0.890. The molecule has 0 saturated heterocycles. The van der Waals surface area contributed by atoms with Crippen molar-refractivity contribution in [3.63, 3.8) is 0 Å². The van der Waals surface area contributed by atoms with E-state index in [9.17, 15) is 0 Å². The zero-order valence-electron chi connectivity index (χ0n) is 10.3. The van der Waals surface area contributed by atoms with Crippen LogP contribution in [0.1, 0.15) is 22.3 Å². The van der Waals surface area contributed by atoms with Gasteiger partial charge in [0.15, 0.2) is 0 Å². The molecule has 16 heavy (non-hydrogen) atoms. The van der Waals surface area contributed by atoms with Gasteiger partial charge in [-0.25, -0.2) is 0 Å². The molecule has 1 unspecified atom stereocenters. The summed E-state index contributed by atoms with van der Waals surface area (Å²) in [7, 11) is 1.96. The van der Waals surface area contributed by atoms with Crippen molar-refractivity contribution < 1.29 is 0 Å². The van der Waals surface area contributed by atoms with Crippen LogP contribution in [0.3, 0.4) is 0 Å². The van der Waals surface area contributed by atoms with E-state index in [1.165, 1.54) is 11.1 Å². The number of thioether (sulfide) groups is 1. The van der Waals surface area contributed by atoms with Gasteiger partial charge >= 0.3 is 0 Å². The van der Waals surface area contributed by atoms with E-state index in [2.05, 4.69) is 37.9 Å². The van der Waals surface area contributed by atoms with Crippen molar-refractivity contribution in [3.05, 3.63) is 46.7 Å². The van der Waals surface area contributed by atoms with Crippen LogP contribution in [0.5, 0.6) is 0 Å². The number of hydrogen-bond donors (Lipinski definition) is 1. The molecule has 1 aromatic rings. The minimum Gasteiger partial charge on any atom is -0.391 e. The van der Waals surface area contributed by atoms with Crippen molar-refractivity contribution in [1.29, 1.82) is 0 Å². The molecule has 2 heteroatoms. The fourth-order valence-electron chi connectivity index (χ4n) is 2.23. The van der Waals surface area contributed by atoms with Crippen molar-refractivity contribution in [2.45, 2.75) is 31.3 Å². The summed E-state index contributed by atoms with van der Waals surface area (Å²) in [5.74, 6) is 1.12. The van der Waals surface area contributed by atoms with Gasteiger partial charge in [-0.2, -0.15) is 0 Å². The van der Waals surface area contributed by atoms with Crippen molar-refractivity contribution in [2.75, 3.05) is 7.05 Å². The Bertz CT molecular complexity index is 423. The molecule has 0 aromatic heterocycles. The highest BCUT2D eigenvalue weighted by atomic mass is 32.2. The normalized spacial score (nSPS) is 19.1. The van der Waals surface area contributed by atoms with Crippen LogP contribution in [0.25, 0.3) is 0 Å². The van der Waals surface area contributed by atoms with Crippen LogP contribution >= 0.6 is 11.8 Å². The molecular formula is C14H19NS. The van der Waals surface area contributed by atoms with E-state index in [1.807, 2.05) is 18.8 Å². The summed E-state index contributed by atoms with van der Waals surface area (Å²) in [6.45, 7) is 8.52. The molecular weight excluding hydrogens is 214 g/mol. The predicted molar refractivity (Wildman–Crippen MR) is 72.9 cm³/mol. The summed E-state index contributed by atoms with van der Waals surface area (Å²) in [6.07, 6.45) is 1.12. The largest absolute Gasteiger partial charge is 0.391 e. The van der Waals surface area contributed by atoms with E-state index < -0.39 is 0 Å². The zero-order valence-corrected chi connectivity index (χ0v) is 11.1.